The lowest BCUT2D eigenvalue weighted by Crippen LogP contribution is -2.26. The maximum atomic E-state index is 13.0. The first-order valence-electron chi connectivity index (χ1n) is 14.6. The van der Waals surface area contributed by atoms with E-state index < -0.39 is 17.7 Å². The standard InChI is InChI=1S/C34H35F3N2O3/c35-34(36,37)29-14-11-24(12-15-29)27-13-17-31-28(22-27)19-21-39(31)30(16-6-23-4-2-1-3-5-23)25-7-9-26(10-8-25)33(42)38-20-18-32(40)41/h7-15,17,19,21-23,30H,1-6,16,18,20H2,(H,38,42)(H,40,41). The van der Waals surface area contributed by atoms with Gasteiger partial charge in [0.1, 0.15) is 0 Å². The number of carbonyl (C=O) groups excluding carboxylic acids is 1. The van der Waals surface area contributed by atoms with Crippen molar-refractivity contribution in [3.8, 4) is 11.1 Å². The number of rotatable bonds is 10. The highest BCUT2D eigenvalue weighted by Gasteiger charge is 2.30. The van der Waals surface area contributed by atoms with Crippen molar-refractivity contribution >= 4 is 22.8 Å². The van der Waals surface area contributed by atoms with Gasteiger partial charge >= 0.3 is 12.1 Å². The zero-order valence-corrected chi connectivity index (χ0v) is 23.4. The van der Waals surface area contributed by atoms with Crippen LogP contribution in [0.1, 0.15) is 78.9 Å². The average molecular weight is 577 g/mol. The van der Waals surface area contributed by atoms with Crippen molar-refractivity contribution in [2.24, 2.45) is 5.92 Å². The van der Waals surface area contributed by atoms with E-state index in [-0.39, 0.29) is 24.9 Å². The molecular weight excluding hydrogens is 541 g/mol. The predicted molar refractivity (Wildman–Crippen MR) is 157 cm³/mol. The molecule has 42 heavy (non-hydrogen) atoms. The van der Waals surface area contributed by atoms with Gasteiger partial charge < -0.3 is 15.0 Å². The minimum atomic E-state index is -4.37. The van der Waals surface area contributed by atoms with Crippen LogP contribution in [0.25, 0.3) is 22.0 Å². The van der Waals surface area contributed by atoms with E-state index in [2.05, 4.69) is 16.1 Å². The number of halogens is 3. The summed E-state index contributed by atoms with van der Waals surface area (Å²) in [7, 11) is 0. The van der Waals surface area contributed by atoms with Crippen molar-refractivity contribution in [1.82, 2.24) is 9.88 Å². The summed E-state index contributed by atoms with van der Waals surface area (Å²) < 4.78 is 41.3. The highest BCUT2D eigenvalue weighted by Crippen LogP contribution is 2.36. The fourth-order valence-electron chi connectivity index (χ4n) is 6.04. The SMILES string of the molecule is O=C(O)CCNC(=O)c1ccc(C(CCC2CCCCC2)n2ccc3cc(-c4ccc(C(F)(F)F)cc4)ccc32)cc1. The summed E-state index contributed by atoms with van der Waals surface area (Å²) in [5, 5.41) is 12.5. The van der Waals surface area contributed by atoms with E-state index in [1.165, 1.54) is 44.2 Å². The molecule has 1 saturated carbocycles. The van der Waals surface area contributed by atoms with Gasteiger partial charge in [0.25, 0.3) is 5.91 Å². The Kier molecular flexibility index (Phi) is 9.00. The number of aromatic nitrogens is 1. The molecule has 1 fully saturated rings. The Morgan fingerprint density at radius 1 is 0.905 bits per heavy atom. The number of carboxylic acid groups (broad SMARTS) is 1. The summed E-state index contributed by atoms with van der Waals surface area (Å²) in [5.41, 5.74) is 3.51. The first-order valence-corrected chi connectivity index (χ1v) is 14.6. The Bertz CT molecular complexity index is 1520. The number of hydrogen-bond acceptors (Lipinski definition) is 2. The fraction of sp³-hybridized carbons (Fsp3) is 0.353. The second kappa shape index (κ2) is 12.8. The van der Waals surface area contributed by atoms with Crippen LogP contribution in [0, 0.1) is 5.92 Å². The third kappa shape index (κ3) is 7.04. The number of carboxylic acids is 1. The molecule has 1 unspecified atom stereocenters. The van der Waals surface area contributed by atoms with Gasteiger partial charge in [0, 0.05) is 29.2 Å². The van der Waals surface area contributed by atoms with E-state index in [1.807, 2.05) is 36.4 Å². The average Bonchev–Trinajstić information content (AvgIpc) is 3.40. The molecule has 2 N–H and O–H groups in total. The van der Waals surface area contributed by atoms with Gasteiger partial charge in [0.2, 0.25) is 0 Å². The molecule has 1 heterocycles. The Balaban J connectivity index is 1.40. The lowest BCUT2D eigenvalue weighted by atomic mass is 9.84. The van der Waals surface area contributed by atoms with Crippen molar-refractivity contribution in [1.29, 1.82) is 0 Å². The van der Waals surface area contributed by atoms with Gasteiger partial charge in [-0.25, -0.2) is 0 Å². The third-order valence-corrected chi connectivity index (χ3v) is 8.36. The summed E-state index contributed by atoms with van der Waals surface area (Å²) in [6.45, 7) is 0.0732. The number of amides is 1. The summed E-state index contributed by atoms with van der Waals surface area (Å²) in [6, 6.07) is 20.8. The summed E-state index contributed by atoms with van der Waals surface area (Å²) in [5.74, 6) is -0.561. The van der Waals surface area contributed by atoms with Crippen molar-refractivity contribution < 1.29 is 27.9 Å². The van der Waals surface area contributed by atoms with E-state index in [0.29, 0.717) is 11.5 Å². The molecule has 0 aliphatic heterocycles. The van der Waals surface area contributed by atoms with Crippen LogP contribution in [0.4, 0.5) is 13.2 Å². The Labute approximate surface area is 243 Å². The zero-order valence-electron chi connectivity index (χ0n) is 23.4. The fourth-order valence-corrected chi connectivity index (χ4v) is 6.04. The molecule has 4 aromatic rings. The molecule has 1 amide bonds. The van der Waals surface area contributed by atoms with Crippen molar-refractivity contribution in [3.63, 3.8) is 0 Å². The second-order valence-corrected chi connectivity index (χ2v) is 11.2. The number of benzene rings is 3. The molecule has 0 spiro atoms. The van der Waals surface area contributed by atoms with E-state index in [1.54, 1.807) is 12.1 Å². The van der Waals surface area contributed by atoms with Gasteiger partial charge in [0.15, 0.2) is 0 Å². The van der Waals surface area contributed by atoms with Crippen LogP contribution >= 0.6 is 0 Å². The molecule has 0 radical (unpaired) electrons. The Hall–Kier alpha value is -4.07. The van der Waals surface area contributed by atoms with E-state index in [0.717, 1.165) is 52.6 Å². The summed E-state index contributed by atoms with van der Waals surface area (Å²) in [6.07, 6.45) is 5.99. The summed E-state index contributed by atoms with van der Waals surface area (Å²) >= 11 is 0. The van der Waals surface area contributed by atoms with Crippen molar-refractivity contribution in [3.05, 3.63) is 95.7 Å². The minimum absolute atomic E-state index is 0.0467. The number of fused-ring (bicyclic) bond motifs is 1. The highest BCUT2D eigenvalue weighted by molar-refractivity contribution is 5.94. The van der Waals surface area contributed by atoms with Gasteiger partial charge in [0.05, 0.1) is 18.0 Å². The molecule has 220 valence electrons. The second-order valence-electron chi connectivity index (χ2n) is 11.2. The lowest BCUT2D eigenvalue weighted by molar-refractivity contribution is -0.138. The van der Waals surface area contributed by atoms with Crippen LogP contribution < -0.4 is 5.32 Å². The molecule has 1 aliphatic rings. The normalized spacial score (nSPS) is 15.0. The molecule has 8 heteroatoms. The number of alkyl halides is 3. The number of aliphatic carboxylic acids is 1. The molecule has 0 bridgehead atoms. The molecule has 5 rings (SSSR count). The Morgan fingerprint density at radius 2 is 1.60 bits per heavy atom. The first kappa shape index (κ1) is 29.4. The maximum absolute atomic E-state index is 13.0. The van der Waals surface area contributed by atoms with Crippen LogP contribution in [0.3, 0.4) is 0 Å². The van der Waals surface area contributed by atoms with Crippen LogP contribution in [0.15, 0.2) is 79.0 Å². The van der Waals surface area contributed by atoms with Gasteiger partial charge in [-0.1, -0.05) is 62.4 Å². The third-order valence-electron chi connectivity index (χ3n) is 8.36. The van der Waals surface area contributed by atoms with Crippen LogP contribution in [-0.2, 0) is 11.0 Å². The van der Waals surface area contributed by atoms with Crippen molar-refractivity contribution in [2.75, 3.05) is 6.54 Å². The molecule has 3 aromatic carbocycles. The van der Waals surface area contributed by atoms with Crippen LogP contribution in [0.5, 0.6) is 0 Å². The van der Waals surface area contributed by atoms with Gasteiger partial charge in [-0.05, 0) is 77.9 Å². The molecular formula is C34H35F3N2O3. The number of carbonyl (C=O) groups is 2. The molecule has 1 aromatic heterocycles. The predicted octanol–water partition coefficient (Wildman–Crippen LogP) is 8.48. The topological polar surface area (TPSA) is 71.3 Å². The zero-order chi connectivity index (χ0) is 29.7. The molecule has 5 nitrogen and oxygen atoms in total. The first-order chi connectivity index (χ1) is 20.2. The monoisotopic (exact) mass is 576 g/mol. The smallest absolute Gasteiger partial charge is 0.416 e. The largest absolute Gasteiger partial charge is 0.481 e. The van der Waals surface area contributed by atoms with E-state index >= 15 is 0 Å². The molecule has 1 atom stereocenters. The highest BCUT2D eigenvalue weighted by atomic mass is 19.4. The molecule has 1 aliphatic carbocycles. The van der Waals surface area contributed by atoms with E-state index in [4.69, 9.17) is 5.11 Å². The van der Waals surface area contributed by atoms with Gasteiger partial charge in [-0.2, -0.15) is 13.2 Å². The van der Waals surface area contributed by atoms with E-state index in [9.17, 15) is 22.8 Å². The van der Waals surface area contributed by atoms with Crippen molar-refractivity contribution in [2.45, 2.75) is 63.6 Å². The maximum Gasteiger partial charge on any atom is 0.416 e. The Morgan fingerprint density at radius 3 is 2.26 bits per heavy atom. The lowest BCUT2D eigenvalue weighted by Gasteiger charge is -2.26. The molecule has 0 saturated heterocycles. The van der Waals surface area contributed by atoms with Crippen LogP contribution in [0.2, 0.25) is 0 Å². The number of hydrogen-bond donors (Lipinski definition) is 2. The number of nitrogens with zero attached hydrogens (tertiary/aromatic N) is 1. The number of nitrogens with one attached hydrogen (secondary N) is 1. The summed E-state index contributed by atoms with van der Waals surface area (Å²) in [4.78, 5) is 23.3. The van der Waals surface area contributed by atoms with Gasteiger partial charge in [-0.15, -0.1) is 0 Å². The van der Waals surface area contributed by atoms with Crippen LogP contribution in [-0.4, -0.2) is 28.1 Å². The van der Waals surface area contributed by atoms with Gasteiger partial charge in [-0.3, -0.25) is 9.59 Å². The quantitative estimate of drug-likeness (QED) is 0.199. The minimum Gasteiger partial charge on any atom is -0.481 e.